The summed E-state index contributed by atoms with van der Waals surface area (Å²) in [6, 6.07) is 6.82. The second-order valence-corrected chi connectivity index (χ2v) is 6.61. The molecular weight excluding hydrogens is 346 g/mol. The fourth-order valence-electron chi connectivity index (χ4n) is 2.90. The molecule has 1 heterocycles. The molecule has 7 nitrogen and oxygen atoms in total. The number of nitrogens with zero attached hydrogens (tertiary/aromatic N) is 3. The summed E-state index contributed by atoms with van der Waals surface area (Å²) < 4.78 is 12.4. The number of aliphatic hydroxyl groups is 1. The average Bonchev–Trinajstić information content (AvgIpc) is 3.28. The third-order valence-electron chi connectivity index (χ3n) is 4.49. The van der Waals surface area contributed by atoms with Gasteiger partial charge in [0, 0.05) is 5.02 Å². The minimum absolute atomic E-state index is 0.0761. The molecule has 1 atom stereocenters. The van der Waals surface area contributed by atoms with Gasteiger partial charge in [0.1, 0.15) is 36.0 Å². The summed E-state index contributed by atoms with van der Waals surface area (Å²) in [4.78, 5) is 16.3. The van der Waals surface area contributed by atoms with Gasteiger partial charge in [-0.2, -0.15) is 5.10 Å². The van der Waals surface area contributed by atoms with E-state index < -0.39 is 17.0 Å². The predicted octanol–water partition coefficient (Wildman–Crippen LogP) is 2.08. The summed E-state index contributed by atoms with van der Waals surface area (Å²) in [7, 11) is 0. The molecule has 25 heavy (non-hydrogen) atoms. The molecule has 1 aromatic carbocycles. The maximum absolute atomic E-state index is 12.5. The highest BCUT2D eigenvalue weighted by Crippen LogP contribution is 2.55. The summed E-state index contributed by atoms with van der Waals surface area (Å²) in [6.07, 6.45) is 3.96. The van der Waals surface area contributed by atoms with Crippen molar-refractivity contribution in [2.45, 2.75) is 31.9 Å². The predicted molar refractivity (Wildman–Crippen MR) is 90.2 cm³/mol. The smallest absolute Gasteiger partial charge is 0.315 e. The van der Waals surface area contributed by atoms with E-state index in [2.05, 4.69) is 10.1 Å². The molecule has 8 heteroatoms. The molecule has 1 unspecified atom stereocenters. The van der Waals surface area contributed by atoms with Crippen molar-refractivity contribution in [2.24, 2.45) is 5.41 Å². The van der Waals surface area contributed by atoms with E-state index in [4.69, 9.17) is 21.1 Å². The van der Waals surface area contributed by atoms with Crippen LogP contribution >= 0.6 is 11.6 Å². The largest absolute Gasteiger partial charge is 0.490 e. The Labute approximate surface area is 150 Å². The Morgan fingerprint density at radius 3 is 2.68 bits per heavy atom. The van der Waals surface area contributed by atoms with E-state index in [0.717, 1.165) is 0 Å². The summed E-state index contributed by atoms with van der Waals surface area (Å²) in [5.74, 6) is 0.151. The van der Waals surface area contributed by atoms with Crippen LogP contribution in [0.4, 0.5) is 0 Å². The van der Waals surface area contributed by atoms with E-state index in [-0.39, 0.29) is 19.8 Å². The van der Waals surface area contributed by atoms with Crippen LogP contribution in [0.15, 0.2) is 36.9 Å². The first-order valence-corrected chi connectivity index (χ1v) is 8.47. The van der Waals surface area contributed by atoms with E-state index >= 15 is 0 Å². The van der Waals surface area contributed by atoms with Gasteiger partial charge in [0.25, 0.3) is 0 Å². The van der Waals surface area contributed by atoms with Crippen LogP contribution in [0.1, 0.15) is 19.8 Å². The Morgan fingerprint density at radius 1 is 1.40 bits per heavy atom. The quantitative estimate of drug-likeness (QED) is 0.721. The molecule has 1 aromatic heterocycles. The molecule has 134 valence electrons. The number of hydrogen-bond acceptors (Lipinski definition) is 6. The SMILES string of the molecule is CCOC(=O)C1(C(O)(COc2ccc(Cl)cc2)Cn2cncn2)CC1. The van der Waals surface area contributed by atoms with Crippen molar-refractivity contribution < 1.29 is 19.4 Å². The third kappa shape index (κ3) is 3.62. The second-order valence-electron chi connectivity index (χ2n) is 6.17. The Kier molecular flexibility index (Phi) is 4.96. The Balaban J connectivity index is 1.81. The van der Waals surface area contributed by atoms with E-state index in [1.165, 1.54) is 17.3 Å². The Hall–Kier alpha value is -2.12. The van der Waals surface area contributed by atoms with Gasteiger partial charge in [0.15, 0.2) is 0 Å². The lowest BCUT2D eigenvalue weighted by Gasteiger charge is -2.34. The highest BCUT2D eigenvalue weighted by atomic mass is 35.5. The second kappa shape index (κ2) is 7.01. The van der Waals surface area contributed by atoms with Crippen molar-refractivity contribution >= 4 is 17.6 Å². The lowest BCUT2D eigenvalue weighted by molar-refractivity contribution is -0.167. The van der Waals surface area contributed by atoms with Crippen LogP contribution in [0, 0.1) is 5.41 Å². The van der Waals surface area contributed by atoms with E-state index in [0.29, 0.717) is 23.6 Å². The zero-order valence-electron chi connectivity index (χ0n) is 13.9. The van der Waals surface area contributed by atoms with Gasteiger partial charge in [-0.1, -0.05) is 11.6 Å². The van der Waals surface area contributed by atoms with Crippen molar-refractivity contribution in [3.05, 3.63) is 41.9 Å². The summed E-state index contributed by atoms with van der Waals surface area (Å²) in [5, 5.41) is 16.0. The van der Waals surface area contributed by atoms with E-state index in [9.17, 15) is 9.90 Å². The molecule has 0 amide bonds. The number of aromatic nitrogens is 3. The maximum atomic E-state index is 12.5. The zero-order chi connectivity index (χ0) is 17.9. The lowest BCUT2D eigenvalue weighted by Crippen LogP contribution is -2.52. The topological polar surface area (TPSA) is 86.5 Å². The first-order valence-electron chi connectivity index (χ1n) is 8.09. The minimum Gasteiger partial charge on any atom is -0.490 e. The molecule has 1 fully saturated rings. The molecule has 0 saturated heterocycles. The minimum atomic E-state index is -1.47. The number of carbonyl (C=O) groups excluding carboxylic acids is 1. The van der Waals surface area contributed by atoms with Crippen molar-refractivity contribution in [3.8, 4) is 5.75 Å². The van der Waals surface area contributed by atoms with Gasteiger partial charge in [-0.15, -0.1) is 0 Å². The molecular formula is C17H20ClN3O4. The van der Waals surface area contributed by atoms with Crippen molar-refractivity contribution in [1.82, 2.24) is 14.8 Å². The molecule has 0 bridgehead atoms. The van der Waals surface area contributed by atoms with Gasteiger partial charge in [0.05, 0.1) is 13.2 Å². The van der Waals surface area contributed by atoms with Gasteiger partial charge in [0.2, 0.25) is 0 Å². The van der Waals surface area contributed by atoms with E-state index in [1.807, 2.05) is 0 Å². The number of rotatable bonds is 8. The van der Waals surface area contributed by atoms with Crippen LogP contribution in [-0.2, 0) is 16.1 Å². The van der Waals surface area contributed by atoms with Crippen LogP contribution in [0.2, 0.25) is 5.02 Å². The van der Waals surface area contributed by atoms with Crippen LogP contribution in [-0.4, -0.2) is 44.7 Å². The van der Waals surface area contributed by atoms with Crippen LogP contribution in [0.3, 0.4) is 0 Å². The van der Waals surface area contributed by atoms with Crippen LogP contribution in [0.25, 0.3) is 0 Å². The summed E-state index contributed by atoms with van der Waals surface area (Å²) in [5.41, 5.74) is -2.45. The number of carbonyl (C=O) groups is 1. The molecule has 1 aliphatic rings. The van der Waals surface area contributed by atoms with Gasteiger partial charge in [-0.25, -0.2) is 9.67 Å². The van der Waals surface area contributed by atoms with Crippen LogP contribution in [0.5, 0.6) is 5.75 Å². The molecule has 0 spiro atoms. The molecule has 0 radical (unpaired) electrons. The highest BCUT2D eigenvalue weighted by molar-refractivity contribution is 6.30. The monoisotopic (exact) mass is 365 g/mol. The molecule has 1 aliphatic carbocycles. The third-order valence-corrected chi connectivity index (χ3v) is 4.74. The summed E-state index contributed by atoms with van der Waals surface area (Å²) in [6.45, 7) is 2.01. The average molecular weight is 366 g/mol. The first kappa shape index (κ1) is 17.7. The molecule has 3 rings (SSSR count). The van der Waals surface area contributed by atoms with Crippen LogP contribution < -0.4 is 4.74 Å². The standard InChI is InChI=1S/C17H20ClN3O4/c1-2-24-15(22)16(7-8-16)17(23,9-21-12-19-11-20-21)10-25-14-5-3-13(18)4-6-14/h3-6,11-12,23H,2,7-10H2,1H3. The fraction of sp³-hybridized carbons (Fsp3) is 0.471. The number of hydrogen-bond donors (Lipinski definition) is 1. The summed E-state index contributed by atoms with van der Waals surface area (Å²) >= 11 is 5.87. The molecule has 1 N–H and O–H groups in total. The van der Waals surface area contributed by atoms with Gasteiger partial charge in [-0.3, -0.25) is 4.79 Å². The van der Waals surface area contributed by atoms with E-state index in [1.54, 1.807) is 31.2 Å². The molecule has 0 aliphatic heterocycles. The number of halogens is 1. The fourth-order valence-corrected chi connectivity index (χ4v) is 3.03. The van der Waals surface area contributed by atoms with Crippen molar-refractivity contribution in [2.75, 3.05) is 13.2 Å². The van der Waals surface area contributed by atoms with Crippen molar-refractivity contribution in [1.29, 1.82) is 0 Å². The highest BCUT2D eigenvalue weighted by Gasteiger charge is 2.66. The zero-order valence-corrected chi connectivity index (χ0v) is 14.6. The number of esters is 1. The molecule has 1 saturated carbocycles. The van der Waals surface area contributed by atoms with Gasteiger partial charge in [-0.05, 0) is 44.0 Å². The normalized spacial score (nSPS) is 17.6. The lowest BCUT2D eigenvalue weighted by atomic mass is 9.84. The number of ether oxygens (including phenoxy) is 2. The molecule has 2 aromatic rings. The van der Waals surface area contributed by atoms with Crippen molar-refractivity contribution in [3.63, 3.8) is 0 Å². The Bertz CT molecular complexity index is 716. The van der Waals surface area contributed by atoms with Gasteiger partial charge >= 0.3 is 5.97 Å². The first-order chi connectivity index (χ1) is 12.0. The Morgan fingerprint density at radius 2 is 2.12 bits per heavy atom. The number of benzene rings is 1. The van der Waals surface area contributed by atoms with Gasteiger partial charge < -0.3 is 14.6 Å². The maximum Gasteiger partial charge on any atom is 0.315 e.